The maximum Gasteiger partial charge on any atom is 0.305 e. The smallest absolute Gasteiger partial charge is 0.305 e. The summed E-state index contributed by atoms with van der Waals surface area (Å²) in [5.74, 6) is -0.455. The number of ether oxygens (including phenoxy) is 1. The van der Waals surface area contributed by atoms with Crippen molar-refractivity contribution in [1.29, 1.82) is 0 Å². The molecule has 9 heteroatoms. The van der Waals surface area contributed by atoms with E-state index in [1.807, 2.05) is 21.1 Å². The van der Waals surface area contributed by atoms with Crippen LogP contribution in [0.2, 0.25) is 0 Å². The van der Waals surface area contributed by atoms with E-state index < -0.39 is 39.2 Å². The molecule has 0 aliphatic rings. The van der Waals surface area contributed by atoms with Crippen LogP contribution >= 0.6 is 7.82 Å². The first kappa shape index (κ1) is 29.5. The normalized spacial score (nSPS) is 16.8. The van der Waals surface area contributed by atoms with Crippen LogP contribution < -0.4 is 4.89 Å². The molecule has 0 spiro atoms. The minimum absolute atomic E-state index is 0.0344. The Bertz CT molecular complexity index is 739. The topological polar surface area (TPSA) is 105 Å². The third-order valence-corrected chi connectivity index (χ3v) is 6.80. The first-order chi connectivity index (χ1) is 19.0. The number of phosphoric acid groups is 1. The van der Waals surface area contributed by atoms with E-state index in [1.165, 1.54) is 0 Å². The maximum atomic E-state index is 11.9. The molecule has 0 saturated carbocycles. The molecular weight excluding hydrogens is 493 g/mol. The summed E-state index contributed by atoms with van der Waals surface area (Å²) >= 11 is 0. The largest absolute Gasteiger partial charge is 0.756 e. The number of likely N-dealkylation sites (N-methyl/N-ethyl adjacent to an activating group) is 1. The number of quaternary nitrogens is 1. The van der Waals surface area contributed by atoms with Crippen molar-refractivity contribution in [3.63, 3.8) is 0 Å². The summed E-state index contributed by atoms with van der Waals surface area (Å²) in [6, 6.07) is 0. The molecule has 0 aromatic carbocycles. The summed E-state index contributed by atoms with van der Waals surface area (Å²) in [6.07, 6.45) is 8.05. The third-order valence-electron chi connectivity index (χ3n) is 5.84. The van der Waals surface area contributed by atoms with Crippen LogP contribution in [0.1, 0.15) is 128 Å². The molecule has 0 saturated heterocycles. The van der Waals surface area contributed by atoms with Gasteiger partial charge in [0.15, 0.2) is 0 Å². The highest BCUT2D eigenvalue weighted by Gasteiger charge is 2.16. The number of unbranched alkanes of at least 4 members (excludes halogenated alkanes) is 11. The monoisotopic (exact) mass is 555 g/mol. The molecule has 0 rings (SSSR count). The lowest BCUT2D eigenvalue weighted by Gasteiger charge is -2.27. The Balaban J connectivity index is 3.81. The lowest BCUT2D eigenvalue weighted by Crippen LogP contribution is -2.37. The van der Waals surface area contributed by atoms with Crippen LogP contribution in [0.15, 0.2) is 0 Å². The summed E-state index contributed by atoms with van der Waals surface area (Å²) < 4.78 is 59.5. The predicted octanol–water partition coefficient (Wildman–Crippen LogP) is 6.14. The fourth-order valence-corrected chi connectivity index (χ4v) is 4.22. The zero-order valence-electron chi connectivity index (χ0n) is 28.0. The van der Waals surface area contributed by atoms with Gasteiger partial charge in [0.2, 0.25) is 0 Å². The molecule has 0 heterocycles. The maximum absolute atomic E-state index is 11.9. The molecule has 1 unspecified atom stereocenters. The molecule has 8 nitrogen and oxygen atoms in total. The predicted molar refractivity (Wildman–Crippen MR) is 148 cm³/mol. The number of esters is 1. The van der Waals surface area contributed by atoms with Gasteiger partial charge in [-0.25, -0.2) is 0 Å². The first-order valence-corrected chi connectivity index (χ1v) is 15.7. The lowest BCUT2D eigenvalue weighted by atomic mass is 10.0. The molecule has 0 aliphatic carbocycles. The molecule has 222 valence electrons. The average Bonchev–Trinajstić information content (AvgIpc) is 2.86. The van der Waals surface area contributed by atoms with Crippen LogP contribution in [0.5, 0.6) is 0 Å². The Morgan fingerprint density at radius 1 is 0.838 bits per heavy atom. The highest BCUT2D eigenvalue weighted by molar-refractivity contribution is 7.45. The van der Waals surface area contributed by atoms with E-state index in [0.29, 0.717) is 23.9 Å². The van der Waals surface area contributed by atoms with E-state index >= 15 is 0 Å². The summed E-state index contributed by atoms with van der Waals surface area (Å²) in [4.78, 5) is 23.6. The number of rotatable bonds is 27. The fourth-order valence-electron chi connectivity index (χ4n) is 3.49. The number of carbonyl (C=O) groups excluding carboxylic acids is 1. The van der Waals surface area contributed by atoms with Crippen molar-refractivity contribution in [3.8, 4) is 0 Å². The highest BCUT2D eigenvalue weighted by atomic mass is 31.2. The summed E-state index contributed by atoms with van der Waals surface area (Å²) in [5, 5.41) is 9.83. The molecule has 0 radical (unpaired) electrons. The number of hydrogen-bond donors (Lipinski definition) is 1. The Labute approximate surface area is 233 Å². The Hall–Kier alpha value is -0.500. The molecule has 0 aliphatic heterocycles. The number of phosphoric ester groups is 1. The van der Waals surface area contributed by atoms with Crippen LogP contribution in [0.3, 0.4) is 0 Å². The second kappa shape index (κ2) is 23.4. The highest BCUT2D eigenvalue weighted by Crippen LogP contribution is 2.38. The van der Waals surface area contributed by atoms with Gasteiger partial charge >= 0.3 is 5.97 Å². The van der Waals surface area contributed by atoms with Gasteiger partial charge in [0.1, 0.15) is 25.9 Å². The minimum atomic E-state index is -4.53. The molecule has 0 aromatic rings. The molecule has 0 aromatic heterocycles. The minimum Gasteiger partial charge on any atom is -0.756 e. The van der Waals surface area contributed by atoms with Crippen LogP contribution in [0, 0.1) is 0 Å². The van der Waals surface area contributed by atoms with E-state index in [2.05, 4.69) is 11.4 Å². The summed E-state index contributed by atoms with van der Waals surface area (Å²) in [5.41, 5.74) is 0. The van der Waals surface area contributed by atoms with Crippen molar-refractivity contribution >= 4 is 13.8 Å². The standard InChI is InChI=1S/C28H58NO7P/c1-5-6-7-8-9-10-11-12-13-14-15-16-17-18-19-20-21-22-28(31)34-25-27(30)26-36-37(32,33)35-24-23-29(2,3)4/h27,30H,5-26H2,1-4H3/t27-/m1/s1/i11D2,12D2. The lowest BCUT2D eigenvalue weighted by molar-refractivity contribution is -0.870. The first-order valence-electron chi connectivity index (χ1n) is 16.3. The van der Waals surface area contributed by atoms with Gasteiger partial charge in [0.05, 0.1) is 27.7 Å². The van der Waals surface area contributed by atoms with E-state index in [4.69, 9.17) is 14.7 Å². The second-order valence-corrected chi connectivity index (χ2v) is 12.2. The molecule has 2 atom stereocenters. The third kappa shape index (κ3) is 28.3. The zero-order valence-corrected chi connectivity index (χ0v) is 24.9. The van der Waals surface area contributed by atoms with E-state index in [0.717, 1.165) is 70.6 Å². The second-order valence-electron chi connectivity index (χ2n) is 10.8. The van der Waals surface area contributed by atoms with Crippen LogP contribution in [-0.4, -0.2) is 69.2 Å². The van der Waals surface area contributed by atoms with Crippen LogP contribution in [0.25, 0.3) is 0 Å². The molecule has 0 bridgehead atoms. The summed E-state index contributed by atoms with van der Waals surface area (Å²) in [7, 11) is 1.16. The molecule has 0 amide bonds. The quantitative estimate of drug-likeness (QED) is 0.0562. The van der Waals surface area contributed by atoms with Crippen LogP contribution in [-0.2, 0) is 23.1 Å². The van der Waals surface area contributed by atoms with Gasteiger partial charge in [0.25, 0.3) is 7.82 Å². The number of aliphatic hydroxyl groups is 1. The number of hydrogen-bond acceptors (Lipinski definition) is 7. The Morgan fingerprint density at radius 3 is 1.84 bits per heavy atom. The van der Waals surface area contributed by atoms with Crippen molar-refractivity contribution in [2.24, 2.45) is 0 Å². The molecule has 37 heavy (non-hydrogen) atoms. The average molecular weight is 556 g/mol. The van der Waals surface area contributed by atoms with Crippen molar-refractivity contribution in [1.82, 2.24) is 0 Å². The van der Waals surface area contributed by atoms with Crippen molar-refractivity contribution in [3.05, 3.63) is 0 Å². The number of aliphatic hydroxyl groups excluding tert-OH is 1. The van der Waals surface area contributed by atoms with Gasteiger partial charge in [-0.1, -0.05) is 110 Å². The van der Waals surface area contributed by atoms with Gasteiger partial charge in [-0.05, 0) is 6.42 Å². The molecule has 1 N–H and O–H groups in total. The summed E-state index contributed by atoms with van der Waals surface area (Å²) in [6.45, 7) is 1.67. The SMILES string of the molecule is [2H]C([2H])(CCCCCCC)C([2H])([2H])CCCCCCCCCCC(=O)OC[C@@H](O)COP(=O)([O-])OCC[N+](C)(C)C. The van der Waals surface area contributed by atoms with Crippen molar-refractivity contribution in [2.75, 3.05) is 47.5 Å². The van der Waals surface area contributed by atoms with Gasteiger partial charge in [-0.15, -0.1) is 0 Å². The van der Waals surface area contributed by atoms with E-state index in [1.54, 1.807) is 0 Å². The van der Waals surface area contributed by atoms with Crippen LogP contribution in [0.4, 0.5) is 0 Å². The number of carbonyl (C=O) groups is 1. The number of nitrogens with zero attached hydrogens (tertiary/aromatic N) is 1. The van der Waals surface area contributed by atoms with Gasteiger partial charge < -0.3 is 28.3 Å². The zero-order chi connectivity index (χ0) is 31.4. The Morgan fingerprint density at radius 2 is 1.32 bits per heavy atom. The Kier molecular flexibility index (Phi) is 18.6. The molecule has 0 fully saturated rings. The van der Waals surface area contributed by atoms with Gasteiger partial charge in [-0.2, -0.15) is 0 Å². The van der Waals surface area contributed by atoms with E-state index in [9.17, 15) is 19.4 Å². The van der Waals surface area contributed by atoms with Gasteiger partial charge in [0, 0.05) is 11.9 Å². The van der Waals surface area contributed by atoms with Crippen molar-refractivity contribution in [2.45, 2.75) is 129 Å². The van der Waals surface area contributed by atoms with Gasteiger partial charge in [-0.3, -0.25) is 9.36 Å². The fraction of sp³-hybridized carbons (Fsp3) is 0.964. The van der Waals surface area contributed by atoms with Crippen molar-refractivity contribution < 1.29 is 43.1 Å². The molecular formula is C28H58NO7P. The van der Waals surface area contributed by atoms with E-state index in [-0.39, 0.29) is 32.5 Å².